The molecule has 1 aromatic rings. The summed E-state index contributed by atoms with van der Waals surface area (Å²) in [6.07, 6.45) is 4.26. The summed E-state index contributed by atoms with van der Waals surface area (Å²) >= 11 is 3.13. The number of carbonyl (C=O) groups is 1. The molecule has 1 saturated carbocycles. The van der Waals surface area contributed by atoms with E-state index in [1.54, 1.807) is 24.1 Å². The number of nitro benzene ring substituents is 1. The second-order valence-corrected chi connectivity index (χ2v) is 6.61. The van der Waals surface area contributed by atoms with E-state index in [4.69, 9.17) is 0 Å². The number of nitrogens with zero attached hydrogens (tertiary/aromatic N) is 2. The molecule has 0 spiro atoms. The zero-order valence-corrected chi connectivity index (χ0v) is 13.8. The number of hydrogen-bond donors (Lipinski definition) is 0. The van der Waals surface area contributed by atoms with E-state index >= 15 is 0 Å². The molecule has 0 heterocycles. The average molecular weight is 355 g/mol. The topological polar surface area (TPSA) is 63.5 Å². The van der Waals surface area contributed by atoms with E-state index in [1.165, 1.54) is 6.07 Å². The first kappa shape index (κ1) is 15.9. The molecule has 2 rings (SSSR count). The Morgan fingerprint density at radius 3 is 2.52 bits per heavy atom. The third kappa shape index (κ3) is 3.61. The number of rotatable bonds is 3. The van der Waals surface area contributed by atoms with Crippen LogP contribution in [0.4, 0.5) is 5.69 Å². The molecule has 1 fully saturated rings. The predicted molar refractivity (Wildman–Crippen MR) is 84.3 cm³/mol. The largest absolute Gasteiger partial charge is 0.339 e. The van der Waals surface area contributed by atoms with Gasteiger partial charge < -0.3 is 4.90 Å². The number of hydrogen-bond acceptors (Lipinski definition) is 3. The Balaban J connectivity index is 2.16. The van der Waals surface area contributed by atoms with Crippen LogP contribution in [0.2, 0.25) is 0 Å². The van der Waals surface area contributed by atoms with Crippen LogP contribution >= 0.6 is 15.9 Å². The molecule has 5 nitrogen and oxygen atoms in total. The van der Waals surface area contributed by atoms with Crippen molar-refractivity contribution in [2.45, 2.75) is 38.6 Å². The van der Waals surface area contributed by atoms with Crippen LogP contribution in [0.15, 0.2) is 22.7 Å². The van der Waals surface area contributed by atoms with Crippen molar-refractivity contribution in [3.63, 3.8) is 0 Å². The molecular weight excluding hydrogens is 336 g/mol. The highest BCUT2D eigenvalue weighted by atomic mass is 79.9. The molecule has 1 aromatic carbocycles. The van der Waals surface area contributed by atoms with Gasteiger partial charge in [0, 0.05) is 24.7 Å². The fourth-order valence-corrected chi connectivity index (χ4v) is 3.18. The van der Waals surface area contributed by atoms with Gasteiger partial charge in [-0.3, -0.25) is 14.9 Å². The predicted octanol–water partition coefficient (Wildman–Crippen LogP) is 4.01. The second-order valence-electron chi connectivity index (χ2n) is 5.75. The molecule has 0 bridgehead atoms. The number of carbonyl (C=O) groups excluding carboxylic acids is 1. The van der Waals surface area contributed by atoms with Crippen molar-refractivity contribution in [1.82, 2.24) is 4.90 Å². The summed E-state index contributed by atoms with van der Waals surface area (Å²) in [5.41, 5.74) is 0.289. The standard InChI is InChI=1S/C15H19BrN2O3/c1-10-3-6-12(7-4-10)17(2)15(19)11-5-8-13(16)14(9-11)18(20)21/h5,8-10,12H,3-4,6-7H2,1-2H3. The maximum absolute atomic E-state index is 12.5. The normalized spacial score (nSPS) is 21.9. The van der Waals surface area contributed by atoms with Crippen LogP contribution in [-0.2, 0) is 0 Å². The van der Waals surface area contributed by atoms with Gasteiger partial charge in [0.2, 0.25) is 0 Å². The van der Waals surface area contributed by atoms with Gasteiger partial charge in [-0.2, -0.15) is 0 Å². The Labute approximate surface area is 132 Å². The Morgan fingerprint density at radius 1 is 1.33 bits per heavy atom. The fourth-order valence-electron chi connectivity index (χ4n) is 2.78. The van der Waals surface area contributed by atoms with Gasteiger partial charge in [-0.05, 0) is 59.7 Å². The number of amides is 1. The van der Waals surface area contributed by atoms with Gasteiger partial charge in [-0.15, -0.1) is 0 Å². The van der Waals surface area contributed by atoms with E-state index in [0.717, 1.165) is 31.6 Å². The third-order valence-corrected chi connectivity index (χ3v) is 4.91. The Hall–Kier alpha value is -1.43. The maximum atomic E-state index is 12.5. The molecule has 114 valence electrons. The molecule has 6 heteroatoms. The highest BCUT2D eigenvalue weighted by molar-refractivity contribution is 9.10. The van der Waals surface area contributed by atoms with Crippen LogP contribution in [0.3, 0.4) is 0 Å². The summed E-state index contributed by atoms with van der Waals surface area (Å²) in [6.45, 7) is 2.23. The van der Waals surface area contributed by atoms with E-state index in [1.807, 2.05) is 0 Å². The number of benzene rings is 1. The summed E-state index contributed by atoms with van der Waals surface area (Å²) in [5.74, 6) is 0.573. The van der Waals surface area contributed by atoms with E-state index in [9.17, 15) is 14.9 Å². The van der Waals surface area contributed by atoms with Crippen LogP contribution in [0.25, 0.3) is 0 Å². The quantitative estimate of drug-likeness (QED) is 0.608. The van der Waals surface area contributed by atoms with Gasteiger partial charge in [0.25, 0.3) is 11.6 Å². The first-order valence-corrected chi connectivity index (χ1v) is 7.90. The summed E-state index contributed by atoms with van der Waals surface area (Å²) in [7, 11) is 1.79. The molecule has 0 saturated heterocycles. The molecule has 1 aliphatic carbocycles. The summed E-state index contributed by atoms with van der Waals surface area (Å²) < 4.78 is 0.387. The van der Waals surface area contributed by atoms with Gasteiger partial charge in [0.1, 0.15) is 0 Å². The van der Waals surface area contributed by atoms with Crippen LogP contribution in [-0.4, -0.2) is 28.8 Å². The van der Waals surface area contributed by atoms with Crippen molar-refractivity contribution in [3.8, 4) is 0 Å². The molecule has 0 atom stereocenters. The Kier molecular flexibility index (Phi) is 4.98. The zero-order valence-electron chi connectivity index (χ0n) is 12.2. The van der Waals surface area contributed by atoms with Gasteiger partial charge in [-0.25, -0.2) is 0 Å². The first-order chi connectivity index (χ1) is 9.90. The van der Waals surface area contributed by atoms with Crippen LogP contribution in [0, 0.1) is 16.0 Å². The lowest BCUT2D eigenvalue weighted by Gasteiger charge is -2.33. The van der Waals surface area contributed by atoms with E-state index < -0.39 is 4.92 Å². The molecule has 0 N–H and O–H groups in total. The van der Waals surface area contributed by atoms with Gasteiger partial charge in [0.15, 0.2) is 0 Å². The summed E-state index contributed by atoms with van der Waals surface area (Å²) in [4.78, 5) is 24.7. The summed E-state index contributed by atoms with van der Waals surface area (Å²) in [6, 6.07) is 4.76. The van der Waals surface area contributed by atoms with Crippen molar-refractivity contribution in [3.05, 3.63) is 38.3 Å². The Morgan fingerprint density at radius 2 is 1.95 bits per heavy atom. The molecule has 1 amide bonds. The van der Waals surface area contributed by atoms with Crippen LogP contribution < -0.4 is 0 Å². The van der Waals surface area contributed by atoms with Crippen LogP contribution in [0.5, 0.6) is 0 Å². The minimum Gasteiger partial charge on any atom is -0.339 e. The molecule has 0 unspecified atom stereocenters. The van der Waals surface area contributed by atoms with E-state index in [2.05, 4.69) is 22.9 Å². The smallest absolute Gasteiger partial charge is 0.284 e. The molecule has 0 radical (unpaired) electrons. The van der Waals surface area contributed by atoms with Gasteiger partial charge in [-0.1, -0.05) is 6.92 Å². The minimum atomic E-state index is -0.483. The molecular formula is C15H19BrN2O3. The maximum Gasteiger partial charge on any atom is 0.284 e. The van der Waals surface area contributed by atoms with Crippen molar-refractivity contribution in [2.24, 2.45) is 5.92 Å². The van der Waals surface area contributed by atoms with Crippen LogP contribution in [0.1, 0.15) is 43.0 Å². The van der Waals surface area contributed by atoms with Crippen molar-refractivity contribution >= 4 is 27.5 Å². The zero-order chi connectivity index (χ0) is 15.6. The number of nitro groups is 1. The Bertz CT molecular complexity index is 554. The summed E-state index contributed by atoms with van der Waals surface area (Å²) in [5, 5.41) is 11.0. The third-order valence-electron chi connectivity index (χ3n) is 4.24. The highest BCUT2D eigenvalue weighted by Crippen LogP contribution is 2.29. The van der Waals surface area contributed by atoms with Gasteiger partial charge in [0.05, 0.1) is 9.40 Å². The monoisotopic (exact) mass is 354 g/mol. The lowest BCUT2D eigenvalue weighted by atomic mass is 9.86. The molecule has 0 aromatic heterocycles. The minimum absolute atomic E-state index is 0.0773. The first-order valence-electron chi connectivity index (χ1n) is 7.11. The van der Waals surface area contributed by atoms with Crippen molar-refractivity contribution in [1.29, 1.82) is 0 Å². The lowest BCUT2D eigenvalue weighted by Crippen LogP contribution is -2.39. The molecule has 1 aliphatic rings. The SMILES string of the molecule is CC1CCC(N(C)C(=O)c2ccc(Br)c([N+](=O)[O-])c2)CC1. The van der Waals surface area contributed by atoms with Crippen molar-refractivity contribution < 1.29 is 9.72 Å². The van der Waals surface area contributed by atoms with E-state index in [0.29, 0.717) is 10.0 Å². The fraction of sp³-hybridized carbons (Fsp3) is 0.533. The van der Waals surface area contributed by atoms with Crippen molar-refractivity contribution in [2.75, 3.05) is 7.05 Å². The van der Waals surface area contributed by atoms with Gasteiger partial charge >= 0.3 is 0 Å². The highest BCUT2D eigenvalue weighted by Gasteiger charge is 2.26. The molecule has 21 heavy (non-hydrogen) atoms. The van der Waals surface area contributed by atoms with E-state index in [-0.39, 0.29) is 17.6 Å². The number of halogens is 1. The second kappa shape index (κ2) is 6.56. The lowest BCUT2D eigenvalue weighted by molar-refractivity contribution is -0.385. The average Bonchev–Trinajstić information content (AvgIpc) is 2.46. The molecule has 0 aliphatic heterocycles.